The molecular weight excluding hydrogens is 254 g/mol. The van der Waals surface area contributed by atoms with E-state index >= 15 is 0 Å². The third kappa shape index (κ3) is 3.39. The van der Waals surface area contributed by atoms with Crippen LogP contribution in [0.4, 0.5) is 5.69 Å². The molecule has 2 nitrogen and oxygen atoms in total. The number of benzene rings is 1. The maximum Gasteiger partial charge on any atom is 0.221 e. The molecular formula is C13H16ClNOS. The Labute approximate surface area is 111 Å². The minimum Gasteiger partial charge on any atom is -0.399 e. The summed E-state index contributed by atoms with van der Waals surface area (Å²) in [6, 6.07) is 5.08. The van der Waals surface area contributed by atoms with Crippen molar-refractivity contribution in [1.82, 2.24) is 0 Å². The number of hydrogen-bond donors (Lipinski definition) is 1. The lowest BCUT2D eigenvalue weighted by Gasteiger charge is -2.20. The van der Waals surface area contributed by atoms with E-state index in [4.69, 9.17) is 17.3 Å². The van der Waals surface area contributed by atoms with Gasteiger partial charge in [0, 0.05) is 16.5 Å². The Morgan fingerprint density at radius 3 is 2.65 bits per heavy atom. The molecule has 1 saturated carbocycles. The number of thioether (sulfide) groups is 1. The molecule has 0 saturated heterocycles. The van der Waals surface area contributed by atoms with Gasteiger partial charge in [-0.15, -0.1) is 0 Å². The molecule has 2 N–H and O–H groups in total. The van der Waals surface area contributed by atoms with Crippen LogP contribution >= 0.6 is 23.4 Å². The molecule has 0 heterocycles. The van der Waals surface area contributed by atoms with E-state index in [1.54, 1.807) is 18.2 Å². The molecule has 1 fully saturated rings. The Bertz CT molecular complexity index is 416. The van der Waals surface area contributed by atoms with Gasteiger partial charge in [0.15, 0.2) is 0 Å². The molecule has 0 atom stereocenters. The summed E-state index contributed by atoms with van der Waals surface area (Å²) in [7, 11) is 0. The van der Waals surface area contributed by atoms with Crippen molar-refractivity contribution in [1.29, 1.82) is 0 Å². The molecule has 17 heavy (non-hydrogen) atoms. The quantitative estimate of drug-likeness (QED) is 0.821. The number of carbonyl (C=O) groups is 1. The number of hydrogen-bond acceptors (Lipinski definition) is 3. The van der Waals surface area contributed by atoms with Gasteiger partial charge in [-0.05, 0) is 31.0 Å². The van der Waals surface area contributed by atoms with Crippen molar-refractivity contribution in [2.45, 2.75) is 37.4 Å². The lowest BCUT2D eigenvalue weighted by molar-refractivity contribution is 0.108. The number of nitrogens with two attached hydrogens (primary N) is 1. The SMILES string of the molecule is Nc1ccc(C(=O)SC2CCCCC2)c(Cl)c1. The number of halogens is 1. The van der Waals surface area contributed by atoms with Crippen LogP contribution in [0.1, 0.15) is 42.5 Å². The van der Waals surface area contributed by atoms with Gasteiger partial charge in [-0.25, -0.2) is 0 Å². The van der Waals surface area contributed by atoms with Crippen LogP contribution in [-0.4, -0.2) is 10.4 Å². The minimum atomic E-state index is 0.0712. The maximum atomic E-state index is 12.1. The Kier molecular flexibility index (Phi) is 4.35. The number of carbonyl (C=O) groups excluding carboxylic acids is 1. The molecule has 0 radical (unpaired) electrons. The summed E-state index contributed by atoms with van der Waals surface area (Å²) in [5.41, 5.74) is 6.78. The zero-order valence-electron chi connectivity index (χ0n) is 9.62. The molecule has 1 aromatic rings. The summed E-state index contributed by atoms with van der Waals surface area (Å²) in [5.74, 6) is 0. The van der Waals surface area contributed by atoms with Crippen molar-refractivity contribution in [2.75, 3.05) is 5.73 Å². The zero-order chi connectivity index (χ0) is 12.3. The van der Waals surface area contributed by atoms with E-state index in [2.05, 4.69) is 0 Å². The highest BCUT2D eigenvalue weighted by Crippen LogP contribution is 2.32. The molecule has 92 valence electrons. The fourth-order valence-corrected chi connectivity index (χ4v) is 3.60. The third-order valence-electron chi connectivity index (χ3n) is 3.04. The van der Waals surface area contributed by atoms with Crippen molar-refractivity contribution in [3.05, 3.63) is 28.8 Å². The van der Waals surface area contributed by atoms with E-state index in [0.29, 0.717) is 21.5 Å². The fraction of sp³-hybridized carbons (Fsp3) is 0.462. The molecule has 1 aliphatic carbocycles. The smallest absolute Gasteiger partial charge is 0.221 e. The minimum absolute atomic E-state index is 0.0712. The van der Waals surface area contributed by atoms with Crippen LogP contribution in [0.5, 0.6) is 0 Å². The lowest BCUT2D eigenvalue weighted by Crippen LogP contribution is -2.11. The van der Waals surface area contributed by atoms with Crippen LogP contribution < -0.4 is 5.73 Å². The van der Waals surface area contributed by atoms with Gasteiger partial charge in [0.2, 0.25) is 5.12 Å². The second-order valence-electron chi connectivity index (χ2n) is 4.40. The van der Waals surface area contributed by atoms with Crippen LogP contribution in [0, 0.1) is 0 Å². The van der Waals surface area contributed by atoms with E-state index in [0.717, 1.165) is 12.8 Å². The first-order chi connectivity index (χ1) is 8.16. The van der Waals surface area contributed by atoms with Crippen molar-refractivity contribution in [3.63, 3.8) is 0 Å². The van der Waals surface area contributed by atoms with Gasteiger partial charge in [0.1, 0.15) is 0 Å². The van der Waals surface area contributed by atoms with Crippen LogP contribution in [0.3, 0.4) is 0 Å². The summed E-state index contributed by atoms with van der Waals surface area (Å²) < 4.78 is 0. The van der Waals surface area contributed by atoms with E-state index in [1.165, 1.54) is 31.0 Å². The summed E-state index contributed by atoms with van der Waals surface area (Å²) >= 11 is 7.46. The number of nitrogen functional groups attached to an aromatic ring is 1. The number of rotatable bonds is 2. The van der Waals surface area contributed by atoms with Gasteiger partial charge in [0.25, 0.3) is 0 Å². The average molecular weight is 270 g/mol. The topological polar surface area (TPSA) is 43.1 Å². The predicted molar refractivity (Wildman–Crippen MR) is 74.7 cm³/mol. The highest BCUT2D eigenvalue weighted by Gasteiger charge is 2.20. The Balaban J connectivity index is 2.03. The highest BCUT2D eigenvalue weighted by molar-refractivity contribution is 8.14. The molecule has 0 aromatic heterocycles. The number of anilines is 1. The second kappa shape index (κ2) is 5.78. The Morgan fingerprint density at radius 1 is 1.29 bits per heavy atom. The van der Waals surface area contributed by atoms with Gasteiger partial charge in [0.05, 0.1) is 5.02 Å². The van der Waals surface area contributed by atoms with Gasteiger partial charge < -0.3 is 5.73 Å². The first-order valence-corrected chi connectivity index (χ1v) is 7.18. The highest BCUT2D eigenvalue weighted by atomic mass is 35.5. The van der Waals surface area contributed by atoms with E-state index in [1.807, 2.05) is 0 Å². The van der Waals surface area contributed by atoms with Gasteiger partial charge >= 0.3 is 0 Å². The first-order valence-electron chi connectivity index (χ1n) is 5.93. The van der Waals surface area contributed by atoms with Crippen molar-refractivity contribution in [3.8, 4) is 0 Å². The first kappa shape index (κ1) is 12.8. The summed E-state index contributed by atoms with van der Waals surface area (Å²) in [6.45, 7) is 0. The third-order valence-corrected chi connectivity index (χ3v) is 4.59. The Hall–Kier alpha value is -0.670. The maximum absolute atomic E-state index is 12.1. The molecule has 0 spiro atoms. The van der Waals surface area contributed by atoms with Crippen LogP contribution in [-0.2, 0) is 0 Å². The molecule has 1 aromatic carbocycles. The Morgan fingerprint density at radius 2 is 2.00 bits per heavy atom. The molecule has 0 amide bonds. The van der Waals surface area contributed by atoms with Crippen molar-refractivity contribution < 1.29 is 4.79 Å². The second-order valence-corrected chi connectivity index (χ2v) is 6.08. The standard InChI is InChI=1S/C13H16ClNOS/c14-12-8-9(15)6-7-11(12)13(16)17-10-4-2-1-3-5-10/h6-8,10H,1-5,15H2. The van der Waals surface area contributed by atoms with Crippen LogP contribution in [0.15, 0.2) is 18.2 Å². The van der Waals surface area contributed by atoms with Crippen LogP contribution in [0.2, 0.25) is 5.02 Å². The van der Waals surface area contributed by atoms with Gasteiger partial charge in [-0.3, -0.25) is 4.79 Å². The van der Waals surface area contributed by atoms with Gasteiger partial charge in [-0.1, -0.05) is 42.6 Å². The van der Waals surface area contributed by atoms with Crippen molar-refractivity contribution >= 4 is 34.2 Å². The monoisotopic (exact) mass is 269 g/mol. The normalized spacial score (nSPS) is 17.0. The predicted octanol–water partition coefficient (Wildman–Crippen LogP) is 4.13. The molecule has 2 rings (SSSR count). The van der Waals surface area contributed by atoms with Gasteiger partial charge in [-0.2, -0.15) is 0 Å². The summed E-state index contributed by atoms with van der Waals surface area (Å²) in [5, 5.41) is 0.991. The van der Waals surface area contributed by atoms with E-state index in [-0.39, 0.29) is 5.12 Å². The zero-order valence-corrected chi connectivity index (χ0v) is 11.2. The van der Waals surface area contributed by atoms with Crippen LogP contribution in [0.25, 0.3) is 0 Å². The summed E-state index contributed by atoms with van der Waals surface area (Å²) in [4.78, 5) is 12.1. The molecule has 0 aliphatic heterocycles. The summed E-state index contributed by atoms with van der Waals surface area (Å²) in [6.07, 6.45) is 6.06. The molecule has 0 bridgehead atoms. The molecule has 1 aliphatic rings. The van der Waals surface area contributed by atoms with Crippen molar-refractivity contribution in [2.24, 2.45) is 0 Å². The van der Waals surface area contributed by atoms with E-state index in [9.17, 15) is 4.79 Å². The average Bonchev–Trinajstić information content (AvgIpc) is 2.30. The largest absolute Gasteiger partial charge is 0.399 e. The lowest BCUT2D eigenvalue weighted by atomic mass is 10.0. The molecule has 4 heteroatoms. The van der Waals surface area contributed by atoms with E-state index < -0.39 is 0 Å². The molecule has 0 unspecified atom stereocenters. The fourth-order valence-electron chi connectivity index (χ4n) is 2.09.